The van der Waals surface area contributed by atoms with Gasteiger partial charge in [-0.2, -0.15) is 0 Å². The SMILES string of the molecule is [C-]#N.[CH2-]C1=NC(C)(C)CO1.[CH2-]C1=NC(C)(C)CO1.[Cu+].[Li+].[Li+]. The van der Waals surface area contributed by atoms with Crippen molar-refractivity contribution in [1.29, 1.82) is 5.26 Å². The van der Waals surface area contributed by atoms with Gasteiger partial charge in [0.1, 0.15) is 13.2 Å². The standard InChI is InChI=1S/2C6H10NO.CN.Cu.2Li/c2*1-5-7-6(2,3)4-8-5;1-2;;;/h2*1,4H2,2-3H3;;;;/q3*-1;3*+1. The molecule has 5 nitrogen and oxygen atoms in total. The first-order valence-electron chi connectivity index (χ1n) is 5.52. The average molecular weight is 328 g/mol. The summed E-state index contributed by atoms with van der Waals surface area (Å²) in [6.07, 6.45) is 0. The second kappa shape index (κ2) is 12.4. The Bertz CT molecular complexity index is 338. The van der Waals surface area contributed by atoms with Crippen LogP contribution in [0.3, 0.4) is 0 Å². The van der Waals surface area contributed by atoms with Crippen molar-refractivity contribution in [1.82, 2.24) is 0 Å². The zero-order valence-corrected chi connectivity index (χ0v) is 14.7. The largest absolute Gasteiger partial charge is 1.00 e. The van der Waals surface area contributed by atoms with E-state index in [2.05, 4.69) is 23.8 Å². The van der Waals surface area contributed by atoms with Gasteiger partial charge in [0.2, 0.25) is 0 Å². The first-order valence-corrected chi connectivity index (χ1v) is 5.52. The molecule has 2 rings (SSSR count). The maximum Gasteiger partial charge on any atom is 1.00 e. The predicted octanol–water partition coefficient (Wildman–Crippen LogP) is -3.84. The van der Waals surface area contributed by atoms with Gasteiger partial charge in [-0.3, -0.25) is 9.98 Å². The number of hydrogen-bond donors (Lipinski definition) is 0. The molecule has 0 bridgehead atoms. The molecule has 0 unspecified atom stereocenters. The smallest absolute Gasteiger partial charge is 0.512 e. The normalized spacial score (nSPS) is 18.8. The van der Waals surface area contributed by atoms with Crippen LogP contribution in [0.25, 0.3) is 0 Å². The predicted molar refractivity (Wildman–Crippen MR) is 70.6 cm³/mol. The van der Waals surface area contributed by atoms with Gasteiger partial charge in [0, 0.05) is 11.8 Å². The zero-order chi connectivity index (χ0) is 14.4. The molecule has 2 aliphatic heterocycles. The minimum Gasteiger partial charge on any atom is -0.512 e. The molecule has 2 heterocycles. The molecule has 2 aliphatic rings. The van der Waals surface area contributed by atoms with Crippen molar-refractivity contribution in [2.75, 3.05) is 13.2 Å². The van der Waals surface area contributed by atoms with Crippen LogP contribution in [0.4, 0.5) is 0 Å². The number of rotatable bonds is 0. The summed E-state index contributed by atoms with van der Waals surface area (Å²) in [5.74, 6) is 1.13. The monoisotopic (exact) mass is 327 g/mol. The van der Waals surface area contributed by atoms with E-state index < -0.39 is 0 Å². The molecular formula is C13H20CuLi2N3O2. The van der Waals surface area contributed by atoms with Crippen LogP contribution in [0, 0.1) is 25.7 Å². The Hall–Kier alpha value is -0.116. The second-order valence-corrected chi connectivity index (χ2v) is 5.21. The van der Waals surface area contributed by atoms with Crippen LogP contribution < -0.4 is 37.7 Å². The Labute approximate surface area is 163 Å². The third-order valence-corrected chi connectivity index (χ3v) is 2.04. The third kappa shape index (κ3) is 13.3. The Morgan fingerprint density at radius 3 is 1.19 bits per heavy atom. The van der Waals surface area contributed by atoms with Gasteiger partial charge in [-0.15, -0.1) is 0 Å². The fourth-order valence-electron chi connectivity index (χ4n) is 1.32. The summed E-state index contributed by atoms with van der Waals surface area (Å²) >= 11 is 0. The summed E-state index contributed by atoms with van der Waals surface area (Å²) in [6.45, 7) is 21.3. The maximum atomic E-state index is 6.25. The topological polar surface area (TPSA) is 67.0 Å². The molecule has 0 aromatic heterocycles. The molecule has 0 saturated heterocycles. The number of aliphatic imine (C=N–C) groups is 2. The van der Waals surface area contributed by atoms with Gasteiger partial charge in [0.05, 0.1) is 11.1 Å². The van der Waals surface area contributed by atoms with Crippen molar-refractivity contribution < 1.29 is 64.3 Å². The van der Waals surface area contributed by atoms with Gasteiger partial charge in [0.15, 0.2) is 0 Å². The van der Waals surface area contributed by atoms with Gasteiger partial charge in [0.25, 0.3) is 0 Å². The number of nitrogens with zero attached hydrogens (tertiary/aromatic N) is 3. The average Bonchev–Trinajstić information content (AvgIpc) is 2.73. The van der Waals surface area contributed by atoms with E-state index in [-0.39, 0.29) is 65.9 Å². The molecule has 0 amide bonds. The fraction of sp³-hybridized carbons (Fsp3) is 0.615. The Kier molecular flexibility index (Phi) is 17.1. The Morgan fingerprint density at radius 2 is 1.14 bits per heavy atom. The van der Waals surface area contributed by atoms with Gasteiger partial charge < -0.3 is 35.2 Å². The van der Waals surface area contributed by atoms with E-state index in [1.165, 1.54) is 0 Å². The Balaban J connectivity index is -0.000000109. The molecule has 0 fully saturated rings. The van der Waals surface area contributed by atoms with Crippen LogP contribution in [0.5, 0.6) is 0 Å². The van der Waals surface area contributed by atoms with Crippen molar-refractivity contribution >= 4 is 11.8 Å². The second-order valence-electron chi connectivity index (χ2n) is 5.21. The fourth-order valence-corrected chi connectivity index (χ4v) is 1.32. The van der Waals surface area contributed by atoms with E-state index in [0.717, 1.165) is 0 Å². The van der Waals surface area contributed by atoms with Gasteiger partial charge in [-0.05, 0) is 27.7 Å². The van der Waals surface area contributed by atoms with E-state index in [1.807, 2.05) is 27.7 Å². The van der Waals surface area contributed by atoms with E-state index >= 15 is 0 Å². The molecule has 112 valence electrons. The third-order valence-electron chi connectivity index (χ3n) is 2.04. The van der Waals surface area contributed by atoms with Crippen molar-refractivity contribution in [3.8, 4) is 0 Å². The van der Waals surface area contributed by atoms with Crippen LogP contribution in [0.1, 0.15) is 27.7 Å². The van der Waals surface area contributed by atoms with Crippen molar-refractivity contribution in [3.05, 3.63) is 20.4 Å². The minimum absolute atomic E-state index is 0. The van der Waals surface area contributed by atoms with E-state index in [9.17, 15) is 0 Å². The summed E-state index contributed by atoms with van der Waals surface area (Å²) in [7, 11) is 0. The zero-order valence-electron chi connectivity index (χ0n) is 13.8. The summed E-state index contributed by atoms with van der Waals surface area (Å²) in [5, 5.41) is 6.25. The molecule has 0 radical (unpaired) electrons. The minimum atomic E-state index is -0.0307. The van der Waals surface area contributed by atoms with Crippen molar-refractivity contribution in [2.24, 2.45) is 9.98 Å². The quantitative estimate of drug-likeness (QED) is 0.338. The van der Waals surface area contributed by atoms with Crippen LogP contribution in [0.15, 0.2) is 9.98 Å². The summed E-state index contributed by atoms with van der Waals surface area (Å²) in [5.41, 5.74) is -0.0613. The molecule has 0 spiro atoms. The molecule has 21 heavy (non-hydrogen) atoms. The van der Waals surface area contributed by atoms with Crippen molar-refractivity contribution in [3.63, 3.8) is 0 Å². The molecule has 0 N–H and O–H groups in total. The molecule has 0 aromatic rings. The van der Waals surface area contributed by atoms with Crippen LogP contribution in [-0.4, -0.2) is 36.1 Å². The summed E-state index contributed by atoms with van der Waals surface area (Å²) in [4.78, 5) is 8.21. The maximum absolute atomic E-state index is 6.25. The molecule has 0 saturated carbocycles. The molecule has 0 atom stereocenters. The van der Waals surface area contributed by atoms with Gasteiger partial charge >= 0.3 is 54.8 Å². The molecule has 0 aliphatic carbocycles. The van der Waals surface area contributed by atoms with Crippen LogP contribution >= 0.6 is 0 Å². The molecule has 0 aromatic carbocycles. The van der Waals surface area contributed by atoms with E-state index in [0.29, 0.717) is 25.0 Å². The number of hydrogen-bond acceptors (Lipinski definition) is 5. The first kappa shape index (κ1) is 29.0. The summed E-state index contributed by atoms with van der Waals surface area (Å²) in [6, 6.07) is 0. The van der Waals surface area contributed by atoms with Crippen molar-refractivity contribution in [2.45, 2.75) is 38.8 Å². The van der Waals surface area contributed by atoms with Crippen LogP contribution in [0.2, 0.25) is 0 Å². The number of ether oxygens (including phenoxy) is 2. The van der Waals surface area contributed by atoms with E-state index in [4.69, 9.17) is 21.3 Å². The summed E-state index contributed by atoms with van der Waals surface area (Å²) < 4.78 is 10.0. The van der Waals surface area contributed by atoms with E-state index in [1.54, 1.807) is 0 Å². The van der Waals surface area contributed by atoms with Gasteiger partial charge in [-0.1, -0.05) is 0 Å². The molecule has 8 heteroatoms. The Morgan fingerprint density at radius 1 is 0.905 bits per heavy atom. The first-order chi connectivity index (χ1) is 8.20. The molecular weight excluding hydrogens is 308 g/mol. The van der Waals surface area contributed by atoms with Gasteiger partial charge in [-0.25, -0.2) is 0 Å². The van der Waals surface area contributed by atoms with Crippen LogP contribution in [-0.2, 0) is 26.5 Å².